The van der Waals surface area contributed by atoms with Gasteiger partial charge in [-0.2, -0.15) is 0 Å². The Morgan fingerprint density at radius 3 is 2.89 bits per heavy atom. The number of rotatable bonds is 3. The molecule has 0 spiro atoms. The summed E-state index contributed by atoms with van der Waals surface area (Å²) in [6.07, 6.45) is 0.961. The van der Waals surface area contributed by atoms with Crippen LogP contribution in [0.25, 0.3) is 0 Å². The third kappa shape index (κ3) is 2.48. The standard InChI is InChI=1S/C14H20N2O2/c1-9(2)18-8-14(17)16-5-4-11-6-10(3)12(15)7-13(11)16/h6-7,9H,4-5,8,15H2,1-3H3. The zero-order chi connectivity index (χ0) is 13.3. The average Bonchev–Trinajstić information content (AvgIpc) is 2.69. The maximum atomic E-state index is 12.1. The Morgan fingerprint density at radius 2 is 2.22 bits per heavy atom. The van der Waals surface area contributed by atoms with Crippen molar-refractivity contribution in [2.24, 2.45) is 0 Å². The fourth-order valence-corrected chi connectivity index (χ4v) is 2.15. The molecule has 0 radical (unpaired) electrons. The summed E-state index contributed by atoms with van der Waals surface area (Å²) in [6.45, 7) is 6.69. The number of carbonyl (C=O) groups excluding carboxylic acids is 1. The molecule has 1 amide bonds. The maximum absolute atomic E-state index is 12.1. The van der Waals surface area contributed by atoms with Gasteiger partial charge in [-0.3, -0.25) is 4.79 Å². The summed E-state index contributed by atoms with van der Waals surface area (Å²) in [5.74, 6) is 0.00528. The quantitative estimate of drug-likeness (QED) is 0.831. The second kappa shape index (κ2) is 4.98. The number of aryl methyl sites for hydroxylation is 1. The van der Waals surface area contributed by atoms with Crippen LogP contribution in [-0.2, 0) is 16.0 Å². The van der Waals surface area contributed by atoms with Crippen molar-refractivity contribution in [3.05, 3.63) is 23.3 Å². The third-order valence-corrected chi connectivity index (χ3v) is 3.20. The Labute approximate surface area is 108 Å². The maximum Gasteiger partial charge on any atom is 0.253 e. The van der Waals surface area contributed by atoms with E-state index in [1.807, 2.05) is 26.8 Å². The van der Waals surface area contributed by atoms with E-state index in [-0.39, 0.29) is 18.6 Å². The van der Waals surface area contributed by atoms with Crippen LogP contribution in [0.5, 0.6) is 0 Å². The van der Waals surface area contributed by atoms with E-state index < -0.39 is 0 Å². The minimum atomic E-state index is 0.00528. The van der Waals surface area contributed by atoms with Gasteiger partial charge in [0.1, 0.15) is 6.61 Å². The van der Waals surface area contributed by atoms with Gasteiger partial charge in [0.2, 0.25) is 0 Å². The third-order valence-electron chi connectivity index (χ3n) is 3.20. The largest absolute Gasteiger partial charge is 0.398 e. The van der Waals surface area contributed by atoms with Crippen LogP contribution in [0.15, 0.2) is 12.1 Å². The zero-order valence-corrected chi connectivity index (χ0v) is 11.2. The molecule has 2 rings (SSSR count). The second-order valence-corrected chi connectivity index (χ2v) is 4.99. The van der Waals surface area contributed by atoms with E-state index in [0.717, 1.165) is 29.9 Å². The lowest BCUT2D eigenvalue weighted by Gasteiger charge is -2.19. The summed E-state index contributed by atoms with van der Waals surface area (Å²) in [4.78, 5) is 13.8. The SMILES string of the molecule is Cc1cc2c(cc1N)N(C(=O)COC(C)C)CC2. The number of hydrogen-bond acceptors (Lipinski definition) is 3. The van der Waals surface area contributed by atoms with E-state index in [1.165, 1.54) is 5.56 Å². The molecule has 0 fully saturated rings. The number of hydrogen-bond donors (Lipinski definition) is 1. The number of benzene rings is 1. The van der Waals surface area contributed by atoms with Gasteiger partial charge >= 0.3 is 0 Å². The van der Waals surface area contributed by atoms with Crippen molar-refractivity contribution >= 4 is 17.3 Å². The first-order valence-corrected chi connectivity index (χ1v) is 6.30. The van der Waals surface area contributed by atoms with Crippen LogP contribution in [0.2, 0.25) is 0 Å². The molecular weight excluding hydrogens is 228 g/mol. The Morgan fingerprint density at radius 1 is 1.50 bits per heavy atom. The molecule has 0 aliphatic carbocycles. The number of nitrogens with two attached hydrogens (primary N) is 1. The minimum Gasteiger partial charge on any atom is -0.398 e. The van der Waals surface area contributed by atoms with Gasteiger partial charge < -0.3 is 15.4 Å². The molecule has 0 saturated carbocycles. The van der Waals surface area contributed by atoms with E-state index in [9.17, 15) is 4.79 Å². The van der Waals surface area contributed by atoms with E-state index in [2.05, 4.69) is 6.07 Å². The van der Waals surface area contributed by atoms with Crippen molar-refractivity contribution in [3.8, 4) is 0 Å². The monoisotopic (exact) mass is 248 g/mol. The van der Waals surface area contributed by atoms with Gasteiger partial charge in [0.05, 0.1) is 6.10 Å². The first kappa shape index (κ1) is 12.9. The predicted molar refractivity (Wildman–Crippen MR) is 72.7 cm³/mol. The number of amides is 1. The fourth-order valence-electron chi connectivity index (χ4n) is 2.15. The first-order valence-electron chi connectivity index (χ1n) is 6.30. The van der Waals surface area contributed by atoms with Gasteiger partial charge in [-0.15, -0.1) is 0 Å². The molecule has 4 heteroatoms. The summed E-state index contributed by atoms with van der Waals surface area (Å²) in [7, 11) is 0. The van der Waals surface area contributed by atoms with Gasteiger partial charge in [-0.05, 0) is 44.4 Å². The van der Waals surface area contributed by atoms with Gasteiger partial charge in [-0.25, -0.2) is 0 Å². The Bertz CT molecular complexity index is 469. The van der Waals surface area contributed by atoms with E-state index in [1.54, 1.807) is 4.90 Å². The number of carbonyl (C=O) groups is 1. The van der Waals surface area contributed by atoms with Crippen LogP contribution < -0.4 is 10.6 Å². The highest BCUT2D eigenvalue weighted by molar-refractivity contribution is 5.97. The molecular formula is C14H20N2O2. The lowest BCUT2D eigenvalue weighted by Crippen LogP contribution is -2.33. The predicted octanol–water partition coefficient (Wildman–Crippen LogP) is 1.89. The normalized spacial score (nSPS) is 14.1. The highest BCUT2D eigenvalue weighted by Crippen LogP contribution is 2.32. The molecule has 0 saturated heterocycles. The molecule has 0 unspecified atom stereocenters. The number of nitrogen functional groups attached to an aromatic ring is 1. The van der Waals surface area contributed by atoms with Crippen LogP contribution in [0.3, 0.4) is 0 Å². The smallest absolute Gasteiger partial charge is 0.253 e. The molecule has 0 bridgehead atoms. The lowest BCUT2D eigenvalue weighted by atomic mass is 10.1. The summed E-state index contributed by atoms with van der Waals surface area (Å²) < 4.78 is 5.36. The summed E-state index contributed by atoms with van der Waals surface area (Å²) >= 11 is 0. The Hall–Kier alpha value is -1.55. The van der Waals surface area contributed by atoms with Crippen molar-refractivity contribution in [2.75, 3.05) is 23.8 Å². The Kier molecular flexibility index (Phi) is 3.57. The van der Waals surface area contributed by atoms with Gasteiger partial charge in [0, 0.05) is 17.9 Å². The minimum absolute atomic E-state index is 0.00528. The highest BCUT2D eigenvalue weighted by atomic mass is 16.5. The van der Waals surface area contributed by atoms with Crippen molar-refractivity contribution in [2.45, 2.75) is 33.3 Å². The summed E-state index contributed by atoms with van der Waals surface area (Å²) in [6, 6.07) is 3.96. The molecule has 1 aromatic carbocycles. The van der Waals surface area contributed by atoms with Crippen LogP contribution in [0, 0.1) is 6.92 Å². The van der Waals surface area contributed by atoms with E-state index in [4.69, 9.17) is 10.5 Å². The zero-order valence-electron chi connectivity index (χ0n) is 11.2. The Balaban J connectivity index is 2.16. The molecule has 1 heterocycles. The van der Waals surface area contributed by atoms with Gasteiger partial charge in [-0.1, -0.05) is 6.07 Å². The lowest BCUT2D eigenvalue weighted by molar-refractivity contribution is -0.124. The molecule has 4 nitrogen and oxygen atoms in total. The molecule has 98 valence electrons. The first-order chi connectivity index (χ1) is 8.49. The van der Waals surface area contributed by atoms with Gasteiger partial charge in [0.25, 0.3) is 5.91 Å². The van der Waals surface area contributed by atoms with Gasteiger partial charge in [0.15, 0.2) is 0 Å². The molecule has 1 aliphatic rings. The number of nitrogens with zero attached hydrogens (tertiary/aromatic N) is 1. The molecule has 0 atom stereocenters. The van der Waals surface area contributed by atoms with Crippen molar-refractivity contribution in [1.82, 2.24) is 0 Å². The number of fused-ring (bicyclic) bond motifs is 1. The van der Waals surface area contributed by atoms with Crippen molar-refractivity contribution in [1.29, 1.82) is 0 Å². The van der Waals surface area contributed by atoms with Crippen molar-refractivity contribution < 1.29 is 9.53 Å². The summed E-state index contributed by atoms with van der Waals surface area (Å²) in [5.41, 5.74) is 9.85. The highest BCUT2D eigenvalue weighted by Gasteiger charge is 2.25. The molecule has 18 heavy (non-hydrogen) atoms. The number of ether oxygens (including phenoxy) is 1. The summed E-state index contributed by atoms with van der Waals surface area (Å²) in [5, 5.41) is 0. The second-order valence-electron chi connectivity index (χ2n) is 4.99. The molecule has 1 aromatic rings. The van der Waals surface area contributed by atoms with Crippen LogP contribution in [0.4, 0.5) is 11.4 Å². The van der Waals surface area contributed by atoms with Crippen LogP contribution in [0.1, 0.15) is 25.0 Å². The molecule has 1 aliphatic heterocycles. The van der Waals surface area contributed by atoms with Crippen molar-refractivity contribution in [3.63, 3.8) is 0 Å². The molecule has 0 aromatic heterocycles. The average molecular weight is 248 g/mol. The number of anilines is 2. The van der Waals surface area contributed by atoms with E-state index >= 15 is 0 Å². The van der Waals surface area contributed by atoms with Crippen LogP contribution >= 0.6 is 0 Å². The topological polar surface area (TPSA) is 55.6 Å². The molecule has 2 N–H and O–H groups in total. The fraction of sp³-hybridized carbons (Fsp3) is 0.500. The van der Waals surface area contributed by atoms with E-state index in [0.29, 0.717) is 0 Å². The van der Waals surface area contributed by atoms with Crippen LogP contribution in [-0.4, -0.2) is 25.2 Å².